The molecule has 1 saturated heterocycles. The van der Waals surface area contributed by atoms with Crippen LogP contribution in [0.4, 0.5) is 4.39 Å². The van der Waals surface area contributed by atoms with Crippen LogP contribution in [-0.4, -0.2) is 25.3 Å². The van der Waals surface area contributed by atoms with E-state index in [1.807, 2.05) is 6.07 Å². The molecule has 1 N–H and O–H groups in total. The molecule has 0 amide bonds. The van der Waals surface area contributed by atoms with Gasteiger partial charge in [0, 0.05) is 6.54 Å². The fraction of sp³-hybridized carbons (Fsp3) is 0.647. The van der Waals surface area contributed by atoms with Gasteiger partial charge in [0.1, 0.15) is 5.82 Å². The van der Waals surface area contributed by atoms with Crippen LogP contribution >= 0.6 is 0 Å². The molecule has 1 heterocycles. The molecule has 1 aliphatic rings. The average Bonchev–Trinajstić information content (AvgIpc) is 2.83. The van der Waals surface area contributed by atoms with Gasteiger partial charge in [-0.2, -0.15) is 0 Å². The van der Waals surface area contributed by atoms with Gasteiger partial charge in [0.25, 0.3) is 0 Å². The fourth-order valence-corrected chi connectivity index (χ4v) is 2.93. The molecule has 0 saturated carbocycles. The molecule has 0 spiro atoms. The van der Waals surface area contributed by atoms with Gasteiger partial charge in [-0.05, 0) is 62.8 Å². The summed E-state index contributed by atoms with van der Waals surface area (Å²) in [5.74, 6) is 0.177. The normalized spacial score (nSPS) is 23.9. The van der Waals surface area contributed by atoms with Crippen molar-refractivity contribution in [1.82, 2.24) is 5.32 Å². The highest BCUT2D eigenvalue weighted by Crippen LogP contribution is 2.29. The highest BCUT2D eigenvalue weighted by molar-refractivity contribution is 5.21. The van der Waals surface area contributed by atoms with Crippen molar-refractivity contribution in [1.29, 1.82) is 0 Å². The Morgan fingerprint density at radius 3 is 2.90 bits per heavy atom. The summed E-state index contributed by atoms with van der Waals surface area (Å²) in [5.41, 5.74) is 1.08. The molecule has 20 heavy (non-hydrogen) atoms. The van der Waals surface area contributed by atoms with Crippen molar-refractivity contribution in [2.75, 3.05) is 13.1 Å². The maximum atomic E-state index is 13.4. The third-order valence-electron chi connectivity index (χ3n) is 4.00. The molecule has 3 heteroatoms. The van der Waals surface area contributed by atoms with Crippen LogP contribution in [0, 0.1) is 5.82 Å². The summed E-state index contributed by atoms with van der Waals surface area (Å²) in [6, 6.07) is 7.00. The zero-order valence-electron chi connectivity index (χ0n) is 12.6. The summed E-state index contributed by atoms with van der Waals surface area (Å²) in [6.45, 7) is 6.19. The van der Waals surface area contributed by atoms with Gasteiger partial charge in [0.2, 0.25) is 0 Å². The van der Waals surface area contributed by atoms with E-state index in [1.54, 1.807) is 12.1 Å². The Labute approximate surface area is 121 Å². The predicted octanol–water partition coefficient (Wildman–Crippen LogP) is 3.87. The first-order chi connectivity index (χ1) is 9.69. The first kappa shape index (κ1) is 15.5. The highest BCUT2D eigenvalue weighted by atomic mass is 19.1. The Morgan fingerprint density at radius 1 is 1.40 bits per heavy atom. The molecule has 1 aliphatic heterocycles. The molecule has 0 bridgehead atoms. The fourth-order valence-electron chi connectivity index (χ4n) is 2.93. The van der Waals surface area contributed by atoms with E-state index in [-0.39, 0.29) is 5.82 Å². The molecule has 0 radical (unpaired) electrons. The zero-order chi connectivity index (χ0) is 14.4. The Bertz CT molecular complexity index is 410. The topological polar surface area (TPSA) is 21.3 Å². The number of benzene rings is 1. The lowest BCUT2D eigenvalue weighted by atomic mass is 9.92. The van der Waals surface area contributed by atoms with Gasteiger partial charge in [-0.15, -0.1) is 0 Å². The molecular weight excluding hydrogens is 253 g/mol. The van der Waals surface area contributed by atoms with Gasteiger partial charge >= 0.3 is 0 Å². The second-order valence-corrected chi connectivity index (χ2v) is 5.84. The van der Waals surface area contributed by atoms with Crippen molar-refractivity contribution in [2.45, 2.75) is 57.7 Å². The Kier molecular flexibility index (Phi) is 5.99. The van der Waals surface area contributed by atoms with Crippen LogP contribution in [0.15, 0.2) is 24.3 Å². The van der Waals surface area contributed by atoms with Crippen molar-refractivity contribution in [3.05, 3.63) is 35.6 Å². The smallest absolute Gasteiger partial charge is 0.123 e. The third kappa shape index (κ3) is 4.57. The lowest BCUT2D eigenvalue weighted by molar-refractivity contribution is 0.0466. The maximum Gasteiger partial charge on any atom is 0.123 e. The van der Waals surface area contributed by atoms with Crippen LogP contribution in [0.3, 0.4) is 0 Å². The van der Waals surface area contributed by atoms with Crippen LogP contribution in [0.5, 0.6) is 0 Å². The average molecular weight is 279 g/mol. The van der Waals surface area contributed by atoms with Crippen LogP contribution in [0.1, 0.15) is 51.0 Å². The van der Waals surface area contributed by atoms with E-state index in [0.717, 1.165) is 44.3 Å². The first-order valence-corrected chi connectivity index (χ1v) is 7.80. The van der Waals surface area contributed by atoms with Crippen LogP contribution in [0.2, 0.25) is 0 Å². The van der Waals surface area contributed by atoms with Crippen molar-refractivity contribution in [2.24, 2.45) is 0 Å². The monoisotopic (exact) mass is 279 g/mol. The molecule has 3 atom stereocenters. The third-order valence-corrected chi connectivity index (χ3v) is 4.00. The van der Waals surface area contributed by atoms with Crippen molar-refractivity contribution in [3.63, 3.8) is 0 Å². The van der Waals surface area contributed by atoms with Crippen molar-refractivity contribution in [3.8, 4) is 0 Å². The van der Waals surface area contributed by atoms with E-state index in [9.17, 15) is 4.39 Å². The number of ether oxygens (including phenoxy) is 1. The number of hydrogen-bond acceptors (Lipinski definition) is 2. The van der Waals surface area contributed by atoms with Crippen LogP contribution in [-0.2, 0) is 4.74 Å². The minimum Gasteiger partial charge on any atom is -0.375 e. The second-order valence-electron chi connectivity index (χ2n) is 5.84. The number of rotatable bonds is 7. The molecule has 1 fully saturated rings. The van der Waals surface area contributed by atoms with E-state index >= 15 is 0 Å². The Hall–Kier alpha value is -0.930. The Morgan fingerprint density at radius 2 is 2.25 bits per heavy atom. The summed E-state index contributed by atoms with van der Waals surface area (Å²) in [4.78, 5) is 0. The Balaban J connectivity index is 2.00. The lowest BCUT2D eigenvalue weighted by Crippen LogP contribution is -2.25. The van der Waals surface area contributed by atoms with Gasteiger partial charge in [0.05, 0.1) is 12.2 Å². The van der Waals surface area contributed by atoms with Crippen molar-refractivity contribution >= 4 is 0 Å². The molecule has 2 nitrogen and oxygen atoms in total. The zero-order valence-corrected chi connectivity index (χ0v) is 12.6. The van der Waals surface area contributed by atoms with E-state index in [2.05, 4.69) is 19.2 Å². The number of halogens is 1. The standard InChI is InChI=1S/C17H26FNO/c1-3-9-19-12-15(11-17-8-7-13(2)20-17)14-5-4-6-16(18)10-14/h4-6,10,13,15,17,19H,3,7-9,11-12H2,1-2H3. The molecule has 1 aromatic rings. The summed E-state index contributed by atoms with van der Waals surface area (Å²) in [7, 11) is 0. The maximum absolute atomic E-state index is 13.4. The van der Waals surface area contributed by atoms with E-state index in [4.69, 9.17) is 4.74 Å². The van der Waals surface area contributed by atoms with Gasteiger partial charge in [-0.3, -0.25) is 0 Å². The highest BCUT2D eigenvalue weighted by Gasteiger charge is 2.25. The van der Waals surface area contributed by atoms with E-state index in [1.165, 1.54) is 6.07 Å². The quantitative estimate of drug-likeness (QED) is 0.765. The molecular formula is C17H26FNO. The number of hydrogen-bond donors (Lipinski definition) is 1. The van der Waals surface area contributed by atoms with Crippen molar-refractivity contribution < 1.29 is 9.13 Å². The minimum absolute atomic E-state index is 0.149. The first-order valence-electron chi connectivity index (χ1n) is 7.80. The van der Waals surface area contributed by atoms with Gasteiger partial charge in [-0.1, -0.05) is 19.1 Å². The van der Waals surface area contributed by atoms with E-state index in [0.29, 0.717) is 18.1 Å². The molecule has 112 valence electrons. The van der Waals surface area contributed by atoms with Gasteiger partial charge in [0.15, 0.2) is 0 Å². The SMILES string of the molecule is CCCNCC(CC1CCC(C)O1)c1cccc(F)c1. The lowest BCUT2D eigenvalue weighted by Gasteiger charge is -2.22. The largest absolute Gasteiger partial charge is 0.375 e. The summed E-state index contributed by atoms with van der Waals surface area (Å²) >= 11 is 0. The minimum atomic E-state index is -0.149. The van der Waals surface area contributed by atoms with Crippen LogP contribution in [0.25, 0.3) is 0 Å². The van der Waals surface area contributed by atoms with Gasteiger partial charge < -0.3 is 10.1 Å². The summed E-state index contributed by atoms with van der Waals surface area (Å²) < 4.78 is 19.4. The second kappa shape index (κ2) is 7.75. The van der Waals surface area contributed by atoms with E-state index < -0.39 is 0 Å². The summed E-state index contributed by atoms with van der Waals surface area (Å²) in [6.07, 6.45) is 5.06. The van der Waals surface area contributed by atoms with Gasteiger partial charge in [-0.25, -0.2) is 4.39 Å². The predicted molar refractivity (Wildman–Crippen MR) is 80.5 cm³/mol. The molecule has 1 aromatic carbocycles. The van der Waals surface area contributed by atoms with Crippen LogP contribution < -0.4 is 5.32 Å². The molecule has 3 unspecified atom stereocenters. The number of nitrogens with one attached hydrogen (secondary N) is 1. The molecule has 0 aliphatic carbocycles. The molecule has 2 rings (SSSR count). The molecule has 0 aromatic heterocycles. The summed E-state index contributed by atoms with van der Waals surface area (Å²) in [5, 5.41) is 3.46.